The van der Waals surface area contributed by atoms with E-state index in [4.69, 9.17) is 0 Å². The van der Waals surface area contributed by atoms with Crippen LogP contribution in [0.4, 0.5) is 5.69 Å². The van der Waals surface area contributed by atoms with Crippen LogP contribution in [0.25, 0.3) is 0 Å². The van der Waals surface area contributed by atoms with Crippen LogP contribution < -0.4 is 10.2 Å². The molecule has 0 radical (unpaired) electrons. The Kier molecular flexibility index (Phi) is 4.74. The lowest BCUT2D eigenvalue weighted by atomic mass is 9.42. The van der Waals surface area contributed by atoms with Gasteiger partial charge >= 0.3 is 0 Å². The molecule has 148 valence electrons. The van der Waals surface area contributed by atoms with E-state index in [1.807, 2.05) is 6.07 Å². The fraction of sp³-hybridized carbons (Fsp3) is 0.696. The first-order valence-electron chi connectivity index (χ1n) is 10.6. The SMILES string of the molecule is CCC12CC3CC(O)(C1)CC(C(=O)NCCCN(C)c1ccccc1)(C3)C2. The molecule has 1 amide bonds. The number of carbonyl (C=O) groups excluding carboxylic acids is 1. The van der Waals surface area contributed by atoms with Gasteiger partial charge in [-0.05, 0) is 68.4 Å². The molecule has 1 aromatic carbocycles. The third-order valence-corrected chi connectivity index (χ3v) is 7.54. The first kappa shape index (κ1) is 18.8. The molecule has 0 saturated heterocycles. The molecule has 4 unspecified atom stereocenters. The average Bonchev–Trinajstić information content (AvgIpc) is 2.63. The first-order valence-corrected chi connectivity index (χ1v) is 10.6. The van der Waals surface area contributed by atoms with Gasteiger partial charge in [-0.3, -0.25) is 4.79 Å². The molecule has 4 fully saturated rings. The number of nitrogens with zero attached hydrogens (tertiary/aromatic N) is 1. The van der Waals surface area contributed by atoms with Crippen molar-refractivity contribution in [2.45, 2.75) is 63.9 Å². The third kappa shape index (κ3) is 3.49. The predicted octanol–water partition coefficient (Wildman–Crippen LogP) is 3.74. The maximum atomic E-state index is 13.2. The van der Waals surface area contributed by atoms with E-state index in [-0.39, 0.29) is 16.7 Å². The van der Waals surface area contributed by atoms with Crippen LogP contribution in [0.2, 0.25) is 0 Å². The lowest BCUT2D eigenvalue weighted by Gasteiger charge is -2.64. The Balaban J connectivity index is 1.33. The fourth-order valence-electron chi connectivity index (χ4n) is 6.75. The van der Waals surface area contributed by atoms with Gasteiger partial charge in [-0.25, -0.2) is 0 Å². The normalized spacial score (nSPS) is 36.6. The van der Waals surface area contributed by atoms with Crippen molar-refractivity contribution in [2.75, 3.05) is 25.0 Å². The molecule has 1 aromatic rings. The van der Waals surface area contributed by atoms with Gasteiger partial charge in [0.25, 0.3) is 0 Å². The summed E-state index contributed by atoms with van der Waals surface area (Å²) in [5, 5.41) is 14.3. The maximum Gasteiger partial charge on any atom is 0.226 e. The number of aliphatic hydroxyl groups is 1. The molecule has 4 saturated carbocycles. The Hall–Kier alpha value is -1.55. The van der Waals surface area contributed by atoms with Crippen LogP contribution in [0.15, 0.2) is 30.3 Å². The van der Waals surface area contributed by atoms with Crippen molar-refractivity contribution >= 4 is 11.6 Å². The maximum absolute atomic E-state index is 13.2. The van der Waals surface area contributed by atoms with E-state index in [1.54, 1.807) is 0 Å². The standard InChI is InChI=1S/C23H34N2O2/c1-3-21-12-18-13-22(15-21,17-23(27,14-18)16-21)20(26)24-10-7-11-25(2)19-8-5-4-6-9-19/h4-6,8-9,18,27H,3,7,10-17H2,1-2H3,(H,24,26). The molecule has 4 bridgehead atoms. The summed E-state index contributed by atoms with van der Waals surface area (Å²) in [5.41, 5.74) is 0.478. The van der Waals surface area contributed by atoms with E-state index in [2.05, 4.69) is 48.5 Å². The Morgan fingerprint density at radius 3 is 2.67 bits per heavy atom. The molecule has 4 heteroatoms. The van der Waals surface area contributed by atoms with Crippen LogP contribution in [0.5, 0.6) is 0 Å². The van der Waals surface area contributed by atoms with Crippen molar-refractivity contribution in [3.05, 3.63) is 30.3 Å². The Labute approximate surface area is 163 Å². The minimum atomic E-state index is -0.597. The van der Waals surface area contributed by atoms with E-state index in [9.17, 15) is 9.90 Å². The summed E-state index contributed by atoms with van der Waals surface area (Å²) in [6, 6.07) is 10.3. The van der Waals surface area contributed by atoms with E-state index in [0.717, 1.165) is 45.1 Å². The lowest BCUT2D eigenvalue weighted by Crippen LogP contribution is -2.63. The monoisotopic (exact) mass is 370 g/mol. The van der Waals surface area contributed by atoms with Crippen LogP contribution in [0.3, 0.4) is 0 Å². The Bertz CT molecular complexity index is 693. The zero-order chi connectivity index (χ0) is 19.1. The summed E-state index contributed by atoms with van der Waals surface area (Å²) in [7, 11) is 2.09. The van der Waals surface area contributed by atoms with Gasteiger partial charge in [-0.2, -0.15) is 0 Å². The number of hydrogen-bond acceptors (Lipinski definition) is 3. The van der Waals surface area contributed by atoms with Gasteiger partial charge in [-0.1, -0.05) is 31.5 Å². The molecular formula is C23H34N2O2. The minimum absolute atomic E-state index is 0.193. The molecule has 5 rings (SSSR count). The first-order chi connectivity index (χ1) is 12.9. The molecule has 2 N–H and O–H groups in total. The quantitative estimate of drug-likeness (QED) is 0.719. The summed E-state index contributed by atoms with van der Waals surface area (Å²) in [6.45, 7) is 3.87. The number of rotatable bonds is 7. The number of benzene rings is 1. The van der Waals surface area contributed by atoms with Gasteiger partial charge in [0.15, 0.2) is 0 Å². The van der Waals surface area contributed by atoms with Crippen molar-refractivity contribution < 1.29 is 9.90 Å². The molecule has 4 aliphatic carbocycles. The number of para-hydroxylation sites is 1. The number of amides is 1. The summed E-state index contributed by atoms with van der Waals surface area (Å²) in [5.74, 6) is 0.728. The van der Waals surface area contributed by atoms with Gasteiger partial charge in [-0.15, -0.1) is 0 Å². The van der Waals surface area contributed by atoms with E-state index in [0.29, 0.717) is 18.9 Å². The van der Waals surface area contributed by atoms with Crippen molar-refractivity contribution in [2.24, 2.45) is 16.7 Å². The predicted molar refractivity (Wildman–Crippen MR) is 109 cm³/mol. The van der Waals surface area contributed by atoms with E-state index < -0.39 is 5.60 Å². The van der Waals surface area contributed by atoms with Crippen LogP contribution in [0, 0.1) is 16.7 Å². The minimum Gasteiger partial charge on any atom is -0.390 e. The number of anilines is 1. The molecule has 0 aliphatic heterocycles. The Morgan fingerprint density at radius 2 is 1.96 bits per heavy atom. The molecule has 0 spiro atoms. The highest BCUT2D eigenvalue weighted by atomic mass is 16.3. The van der Waals surface area contributed by atoms with Gasteiger partial charge in [0.05, 0.1) is 11.0 Å². The molecule has 27 heavy (non-hydrogen) atoms. The summed E-state index contributed by atoms with van der Waals surface area (Å²) in [6.07, 6.45) is 7.67. The highest BCUT2D eigenvalue weighted by Gasteiger charge is 2.64. The van der Waals surface area contributed by atoms with E-state index >= 15 is 0 Å². The molecular weight excluding hydrogens is 336 g/mol. The van der Waals surface area contributed by atoms with Crippen molar-refractivity contribution in [3.8, 4) is 0 Å². The van der Waals surface area contributed by atoms with Crippen LogP contribution in [-0.4, -0.2) is 36.8 Å². The third-order valence-electron chi connectivity index (χ3n) is 7.54. The van der Waals surface area contributed by atoms with Gasteiger partial charge in [0, 0.05) is 25.8 Å². The zero-order valence-corrected chi connectivity index (χ0v) is 16.8. The zero-order valence-electron chi connectivity index (χ0n) is 16.8. The smallest absolute Gasteiger partial charge is 0.226 e. The lowest BCUT2D eigenvalue weighted by molar-refractivity contribution is -0.204. The number of hydrogen-bond donors (Lipinski definition) is 2. The van der Waals surface area contributed by atoms with Gasteiger partial charge < -0.3 is 15.3 Å². The summed E-state index contributed by atoms with van der Waals surface area (Å²) >= 11 is 0. The summed E-state index contributed by atoms with van der Waals surface area (Å²) < 4.78 is 0. The molecule has 4 nitrogen and oxygen atoms in total. The van der Waals surface area contributed by atoms with Crippen LogP contribution >= 0.6 is 0 Å². The largest absolute Gasteiger partial charge is 0.390 e. The van der Waals surface area contributed by atoms with Crippen molar-refractivity contribution in [3.63, 3.8) is 0 Å². The topological polar surface area (TPSA) is 52.6 Å². The highest BCUT2D eigenvalue weighted by molar-refractivity contribution is 5.83. The fourth-order valence-corrected chi connectivity index (χ4v) is 6.75. The second kappa shape index (κ2) is 6.80. The Morgan fingerprint density at radius 1 is 1.19 bits per heavy atom. The van der Waals surface area contributed by atoms with E-state index in [1.165, 1.54) is 12.1 Å². The number of carbonyl (C=O) groups is 1. The molecule has 4 atom stereocenters. The van der Waals surface area contributed by atoms with Crippen molar-refractivity contribution in [1.82, 2.24) is 5.32 Å². The average molecular weight is 371 g/mol. The second-order valence-corrected chi connectivity index (χ2v) is 9.73. The van der Waals surface area contributed by atoms with Gasteiger partial charge in [0.2, 0.25) is 5.91 Å². The van der Waals surface area contributed by atoms with Crippen LogP contribution in [-0.2, 0) is 4.79 Å². The van der Waals surface area contributed by atoms with Crippen LogP contribution in [0.1, 0.15) is 58.3 Å². The number of nitrogens with one attached hydrogen (secondary N) is 1. The molecule has 4 aliphatic rings. The van der Waals surface area contributed by atoms with Crippen molar-refractivity contribution in [1.29, 1.82) is 0 Å². The highest BCUT2D eigenvalue weighted by Crippen LogP contribution is 2.67. The summed E-state index contributed by atoms with van der Waals surface area (Å²) in [4.78, 5) is 15.4. The second-order valence-electron chi connectivity index (χ2n) is 9.73. The van der Waals surface area contributed by atoms with Gasteiger partial charge in [0.1, 0.15) is 0 Å². The molecule has 0 heterocycles. The molecule has 0 aromatic heterocycles.